The maximum Gasteiger partial charge on any atom is 0.253 e. The summed E-state index contributed by atoms with van der Waals surface area (Å²) in [6.07, 6.45) is 5.99. The first-order chi connectivity index (χ1) is 12.3. The zero-order valence-electron chi connectivity index (χ0n) is 15.3. The Bertz CT molecular complexity index is 584. The van der Waals surface area contributed by atoms with Crippen molar-refractivity contribution in [3.8, 4) is 0 Å². The van der Waals surface area contributed by atoms with Crippen LogP contribution in [0.2, 0.25) is 0 Å². The standard InChI is InChI=1S/C20H30N4O/c1-2-21-20(24-14-6-7-15-24)22-16-17-8-10-18(11-9-17)19(25)23-12-4-3-5-13-23/h8-11H,2-7,12-16H2,1H3,(H,21,22). The van der Waals surface area contributed by atoms with E-state index in [1.165, 1.54) is 19.3 Å². The van der Waals surface area contributed by atoms with Crippen molar-refractivity contribution in [3.63, 3.8) is 0 Å². The van der Waals surface area contributed by atoms with Crippen molar-refractivity contribution in [1.29, 1.82) is 0 Å². The fourth-order valence-corrected chi connectivity index (χ4v) is 3.55. The number of hydrogen-bond donors (Lipinski definition) is 1. The average Bonchev–Trinajstić information content (AvgIpc) is 3.20. The van der Waals surface area contributed by atoms with Gasteiger partial charge in [-0.25, -0.2) is 4.99 Å². The molecular weight excluding hydrogens is 312 g/mol. The fourth-order valence-electron chi connectivity index (χ4n) is 3.55. The molecule has 2 aliphatic heterocycles. The quantitative estimate of drug-likeness (QED) is 0.676. The molecule has 0 bridgehead atoms. The summed E-state index contributed by atoms with van der Waals surface area (Å²) in [7, 11) is 0. The van der Waals surface area contributed by atoms with E-state index in [1.807, 2.05) is 29.2 Å². The van der Waals surface area contributed by atoms with E-state index in [0.29, 0.717) is 6.54 Å². The lowest BCUT2D eigenvalue weighted by molar-refractivity contribution is 0.0724. The first-order valence-electron chi connectivity index (χ1n) is 9.69. The monoisotopic (exact) mass is 342 g/mol. The molecule has 2 saturated heterocycles. The molecule has 25 heavy (non-hydrogen) atoms. The van der Waals surface area contributed by atoms with Crippen LogP contribution in [0.25, 0.3) is 0 Å². The lowest BCUT2D eigenvalue weighted by Crippen LogP contribution is -2.39. The molecular formula is C20H30N4O. The second-order valence-electron chi connectivity index (χ2n) is 6.91. The summed E-state index contributed by atoms with van der Waals surface area (Å²) in [4.78, 5) is 21.6. The third kappa shape index (κ3) is 4.74. The minimum Gasteiger partial charge on any atom is -0.357 e. The number of amides is 1. The van der Waals surface area contributed by atoms with E-state index in [1.54, 1.807) is 0 Å². The van der Waals surface area contributed by atoms with Crippen LogP contribution in [-0.2, 0) is 6.54 Å². The van der Waals surface area contributed by atoms with Crippen LogP contribution >= 0.6 is 0 Å². The van der Waals surface area contributed by atoms with Gasteiger partial charge in [0.2, 0.25) is 0 Å². The van der Waals surface area contributed by atoms with Crippen molar-refractivity contribution in [1.82, 2.24) is 15.1 Å². The Hall–Kier alpha value is -2.04. The molecule has 0 aromatic heterocycles. The highest BCUT2D eigenvalue weighted by Gasteiger charge is 2.18. The van der Waals surface area contributed by atoms with Crippen LogP contribution in [0, 0.1) is 0 Å². The van der Waals surface area contributed by atoms with Crippen molar-refractivity contribution in [2.75, 3.05) is 32.7 Å². The summed E-state index contributed by atoms with van der Waals surface area (Å²) >= 11 is 0. The van der Waals surface area contributed by atoms with Gasteiger partial charge in [-0.3, -0.25) is 4.79 Å². The summed E-state index contributed by atoms with van der Waals surface area (Å²) in [5.41, 5.74) is 1.94. The first-order valence-corrected chi connectivity index (χ1v) is 9.69. The summed E-state index contributed by atoms with van der Waals surface area (Å²) in [6, 6.07) is 7.97. The molecule has 5 nitrogen and oxygen atoms in total. The topological polar surface area (TPSA) is 47.9 Å². The number of likely N-dealkylation sites (tertiary alicyclic amines) is 2. The van der Waals surface area contributed by atoms with Gasteiger partial charge >= 0.3 is 0 Å². The van der Waals surface area contributed by atoms with Crippen LogP contribution < -0.4 is 5.32 Å². The summed E-state index contributed by atoms with van der Waals surface area (Å²) in [5.74, 6) is 1.17. The number of nitrogens with zero attached hydrogens (tertiary/aromatic N) is 3. The van der Waals surface area contributed by atoms with Crippen LogP contribution in [0.1, 0.15) is 54.9 Å². The largest absolute Gasteiger partial charge is 0.357 e. The summed E-state index contributed by atoms with van der Waals surface area (Å²) in [5, 5.41) is 3.38. The van der Waals surface area contributed by atoms with Crippen LogP contribution in [-0.4, -0.2) is 54.4 Å². The number of guanidine groups is 1. The van der Waals surface area contributed by atoms with Gasteiger partial charge in [0.05, 0.1) is 6.54 Å². The molecule has 3 rings (SSSR count). The molecule has 5 heteroatoms. The normalized spacial score (nSPS) is 18.5. The van der Waals surface area contributed by atoms with E-state index in [2.05, 4.69) is 17.1 Å². The van der Waals surface area contributed by atoms with Gasteiger partial charge in [-0.2, -0.15) is 0 Å². The van der Waals surface area contributed by atoms with Crippen LogP contribution in [0.5, 0.6) is 0 Å². The van der Waals surface area contributed by atoms with Gasteiger partial charge in [-0.1, -0.05) is 12.1 Å². The molecule has 1 amide bonds. The van der Waals surface area contributed by atoms with E-state index in [4.69, 9.17) is 4.99 Å². The molecule has 1 aromatic rings. The van der Waals surface area contributed by atoms with Crippen molar-refractivity contribution >= 4 is 11.9 Å². The molecule has 0 aliphatic carbocycles. The average molecular weight is 342 g/mol. The van der Waals surface area contributed by atoms with Gasteiger partial charge < -0.3 is 15.1 Å². The van der Waals surface area contributed by atoms with Crippen molar-refractivity contribution in [3.05, 3.63) is 35.4 Å². The molecule has 2 fully saturated rings. The number of aliphatic imine (C=N–C) groups is 1. The van der Waals surface area contributed by atoms with Crippen molar-refractivity contribution in [2.24, 2.45) is 4.99 Å². The van der Waals surface area contributed by atoms with Gasteiger partial charge in [0.1, 0.15) is 0 Å². The van der Waals surface area contributed by atoms with Gasteiger partial charge in [0.15, 0.2) is 5.96 Å². The third-order valence-corrected chi connectivity index (χ3v) is 5.00. The molecule has 0 radical (unpaired) electrons. The molecule has 0 saturated carbocycles. The highest BCUT2D eigenvalue weighted by atomic mass is 16.2. The Kier molecular flexibility index (Phi) is 6.31. The number of nitrogens with one attached hydrogen (secondary N) is 1. The smallest absolute Gasteiger partial charge is 0.253 e. The maximum absolute atomic E-state index is 12.5. The minimum absolute atomic E-state index is 0.167. The molecule has 0 unspecified atom stereocenters. The second-order valence-corrected chi connectivity index (χ2v) is 6.91. The zero-order chi connectivity index (χ0) is 17.5. The van der Waals surface area contributed by atoms with E-state index in [-0.39, 0.29) is 5.91 Å². The first kappa shape index (κ1) is 17.8. The SMILES string of the molecule is CCNC(=NCc1ccc(C(=O)N2CCCCC2)cc1)N1CCCC1. The molecule has 136 valence electrons. The van der Waals surface area contributed by atoms with Gasteiger partial charge in [0, 0.05) is 38.3 Å². The van der Waals surface area contributed by atoms with Crippen molar-refractivity contribution in [2.45, 2.75) is 45.6 Å². The van der Waals surface area contributed by atoms with Gasteiger partial charge in [-0.15, -0.1) is 0 Å². The Labute approximate surface area is 151 Å². The molecule has 0 atom stereocenters. The maximum atomic E-state index is 12.5. The van der Waals surface area contributed by atoms with E-state index in [9.17, 15) is 4.79 Å². The highest BCUT2D eigenvalue weighted by molar-refractivity contribution is 5.94. The van der Waals surface area contributed by atoms with Crippen LogP contribution in [0.3, 0.4) is 0 Å². The molecule has 2 aliphatic rings. The van der Waals surface area contributed by atoms with Gasteiger partial charge in [0.25, 0.3) is 5.91 Å². The Morgan fingerprint density at radius 2 is 1.56 bits per heavy atom. The summed E-state index contributed by atoms with van der Waals surface area (Å²) < 4.78 is 0. The molecule has 0 spiro atoms. The van der Waals surface area contributed by atoms with Gasteiger partial charge in [-0.05, 0) is 56.7 Å². The Morgan fingerprint density at radius 1 is 0.960 bits per heavy atom. The number of carbonyl (C=O) groups excluding carboxylic acids is 1. The zero-order valence-corrected chi connectivity index (χ0v) is 15.3. The number of benzene rings is 1. The Morgan fingerprint density at radius 3 is 2.20 bits per heavy atom. The van der Waals surface area contributed by atoms with Crippen molar-refractivity contribution < 1.29 is 4.79 Å². The third-order valence-electron chi connectivity index (χ3n) is 5.00. The Balaban J connectivity index is 1.61. The fraction of sp³-hybridized carbons (Fsp3) is 0.600. The lowest BCUT2D eigenvalue weighted by atomic mass is 10.1. The summed E-state index contributed by atoms with van der Waals surface area (Å²) in [6.45, 7) is 7.62. The second kappa shape index (κ2) is 8.88. The predicted molar refractivity (Wildman–Crippen MR) is 102 cm³/mol. The lowest BCUT2D eigenvalue weighted by Gasteiger charge is -2.26. The van der Waals surface area contributed by atoms with E-state index < -0.39 is 0 Å². The minimum atomic E-state index is 0.167. The van der Waals surface area contributed by atoms with Crippen LogP contribution in [0.4, 0.5) is 0 Å². The van der Waals surface area contributed by atoms with E-state index >= 15 is 0 Å². The number of hydrogen-bond acceptors (Lipinski definition) is 2. The number of rotatable bonds is 4. The van der Waals surface area contributed by atoms with Crippen LogP contribution in [0.15, 0.2) is 29.3 Å². The highest BCUT2D eigenvalue weighted by Crippen LogP contribution is 2.14. The molecule has 1 N–H and O–H groups in total. The predicted octanol–water partition coefficient (Wildman–Crippen LogP) is 2.87. The number of piperidine rings is 1. The number of carbonyl (C=O) groups is 1. The molecule has 2 heterocycles. The van der Waals surface area contributed by atoms with E-state index in [0.717, 1.165) is 62.7 Å². The molecule has 1 aromatic carbocycles.